The van der Waals surface area contributed by atoms with Crippen LogP contribution in [0.15, 0.2) is 36.8 Å². The van der Waals surface area contributed by atoms with Crippen molar-refractivity contribution in [1.82, 2.24) is 14.9 Å². The van der Waals surface area contributed by atoms with Crippen molar-refractivity contribution in [3.05, 3.63) is 53.6 Å². The van der Waals surface area contributed by atoms with Crippen molar-refractivity contribution >= 4 is 5.91 Å². The van der Waals surface area contributed by atoms with Gasteiger partial charge in [-0.05, 0) is 24.5 Å². The van der Waals surface area contributed by atoms with Gasteiger partial charge in [0.05, 0.1) is 18.2 Å². The fourth-order valence-electron chi connectivity index (χ4n) is 3.28. The summed E-state index contributed by atoms with van der Waals surface area (Å²) in [6.07, 6.45) is 5.73. The van der Waals surface area contributed by atoms with Crippen LogP contribution in [-0.2, 0) is 12.1 Å². The van der Waals surface area contributed by atoms with Crippen LogP contribution in [0.1, 0.15) is 34.5 Å². The Labute approximate surface area is 105 Å². The third kappa shape index (κ3) is 1.05. The number of nitrogens with one attached hydrogen (secondary N) is 1. The first kappa shape index (κ1) is 9.88. The van der Waals surface area contributed by atoms with Crippen molar-refractivity contribution in [1.29, 1.82) is 0 Å². The third-order valence-electron chi connectivity index (χ3n) is 4.06. The number of hydrogen-bond acceptors (Lipinski definition) is 2. The van der Waals surface area contributed by atoms with Gasteiger partial charge in [0.2, 0.25) is 0 Å². The van der Waals surface area contributed by atoms with Crippen LogP contribution in [0.5, 0.6) is 0 Å². The molecule has 3 heterocycles. The number of nitrogens with zero attached hydrogens (tertiary/aromatic N) is 2. The van der Waals surface area contributed by atoms with Crippen LogP contribution in [0.25, 0.3) is 0 Å². The van der Waals surface area contributed by atoms with E-state index in [9.17, 15) is 4.79 Å². The fourth-order valence-corrected chi connectivity index (χ4v) is 3.28. The maximum Gasteiger partial charge on any atom is 0.252 e. The zero-order valence-electron chi connectivity index (χ0n) is 9.89. The molecule has 2 aromatic rings. The summed E-state index contributed by atoms with van der Waals surface area (Å²) >= 11 is 0. The van der Waals surface area contributed by atoms with Crippen LogP contribution in [0.3, 0.4) is 0 Å². The van der Waals surface area contributed by atoms with E-state index in [2.05, 4.69) is 20.9 Å². The summed E-state index contributed by atoms with van der Waals surface area (Å²) in [5.41, 5.74) is 2.64. The number of amides is 1. The number of rotatable bonds is 0. The number of carbonyl (C=O) groups is 1. The van der Waals surface area contributed by atoms with E-state index in [1.54, 1.807) is 0 Å². The Hall–Kier alpha value is -2.10. The first-order chi connectivity index (χ1) is 8.81. The van der Waals surface area contributed by atoms with E-state index in [0.29, 0.717) is 0 Å². The quantitative estimate of drug-likeness (QED) is 0.760. The summed E-state index contributed by atoms with van der Waals surface area (Å²) in [5, 5.41) is 3.18. The molecule has 0 radical (unpaired) electrons. The molecule has 90 valence electrons. The average Bonchev–Trinajstić information content (AvgIpc) is 2.97. The van der Waals surface area contributed by atoms with Crippen molar-refractivity contribution in [2.24, 2.45) is 0 Å². The van der Waals surface area contributed by atoms with Gasteiger partial charge >= 0.3 is 0 Å². The predicted octanol–water partition coefficient (Wildman–Crippen LogP) is 1.66. The van der Waals surface area contributed by atoms with Crippen molar-refractivity contribution in [2.45, 2.75) is 24.9 Å². The van der Waals surface area contributed by atoms with Crippen molar-refractivity contribution in [3.63, 3.8) is 0 Å². The van der Waals surface area contributed by atoms with Crippen LogP contribution < -0.4 is 5.32 Å². The second-order valence-corrected chi connectivity index (χ2v) is 4.98. The van der Waals surface area contributed by atoms with E-state index in [0.717, 1.165) is 36.2 Å². The van der Waals surface area contributed by atoms with Gasteiger partial charge in [-0.15, -0.1) is 0 Å². The zero-order valence-corrected chi connectivity index (χ0v) is 9.89. The van der Waals surface area contributed by atoms with E-state index < -0.39 is 0 Å². The SMILES string of the molecule is O=C1NC2(CCCn3cncc32)c2ccccc21. The van der Waals surface area contributed by atoms with Gasteiger partial charge in [0.15, 0.2) is 0 Å². The second kappa shape index (κ2) is 3.22. The lowest BCUT2D eigenvalue weighted by molar-refractivity contribution is 0.0930. The third-order valence-corrected chi connectivity index (χ3v) is 4.06. The van der Waals surface area contributed by atoms with E-state index >= 15 is 0 Å². The first-order valence-corrected chi connectivity index (χ1v) is 6.24. The molecule has 1 aromatic carbocycles. The molecule has 1 amide bonds. The molecule has 1 aromatic heterocycles. The minimum Gasteiger partial charge on any atom is -0.337 e. The normalized spacial score (nSPS) is 24.8. The monoisotopic (exact) mass is 239 g/mol. The zero-order chi connectivity index (χ0) is 12.2. The van der Waals surface area contributed by atoms with Crippen molar-refractivity contribution in [2.75, 3.05) is 0 Å². The Morgan fingerprint density at radius 1 is 1.33 bits per heavy atom. The van der Waals surface area contributed by atoms with Gasteiger partial charge in [0.25, 0.3) is 5.91 Å². The maximum atomic E-state index is 12.1. The Morgan fingerprint density at radius 3 is 3.17 bits per heavy atom. The molecule has 4 rings (SSSR count). The van der Waals surface area contributed by atoms with Gasteiger partial charge in [-0.3, -0.25) is 4.79 Å². The van der Waals surface area contributed by atoms with Crippen LogP contribution in [-0.4, -0.2) is 15.5 Å². The molecule has 1 atom stereocenters. The molecule has 4 nitrogen and oxygen atoms in total. The molecule has 0 saturated heterocycles. The van der Waals surface area contributed by atoms with Crippen molar-refractivity contribution < 1.29 is 4.79 Å². The Balaban J connectivity index is 2.01. The summed E-state index contributed by atoms with van der Waals surface area (Å²) < 4.78 is 2.14. The number of benzene rings is 1. The molecule has 0 fully saturated rings. The van der Waals surface area contributed by atoms with E-state index in [1.165, 1.54) is 0 Å². The second-order valence-electron chi connectivity index (χ2n) is 4.98. The smallest absolute Gasteiger partial charge is 0.252 e. The summed E-state index contributed by atoms with van der Waals surface area (Å²) in [6.45, 7) is 0.981. The molecule has 0 bridgehead atoms. The van der Waals surface area contributed by atoms with Crippen LogP contribution in [0.4, 0.5) is 0 Å². The Morgan fingerprint density at radius 2 is 2.22 bits per heavy atom. The highest BCUT2D eigenvalue weighted by Crippen LogP contribution is 2.42. The number of hydrogen-bond donors (Lipinski definition) is 1. The molecular weight excluding hydrogens is 226 g/mol. The number of aryl methyl sites for hydroxylation is 1. The fraction of sp³-hybridized carbons (Fsp3) is 0.286. The average molecular weight is 239 g/mol. The summed E-state index contributed by atoms with van der Waals surface area (Å²) in [7, 11) is 0. The molecule has 2 aliphatic heterocycles. The topological polar surface area (TPSA) is 46.9 Å². The van der Waals surface area contributed by atoms with Gasteiger partial charge in [-0.1, -0.05) is 18.2 Å². The van der Waals surface area contributed by atoms with Gasteiger partial charge in [-0.25, -0.2) is 4.98 Å². The maximum absolute atomic E-state index is 12.1. The highest BCUT2D eigenvalue weighted by molar-refractivity contribution is 6.00. The van der Waals surface area contributed by atoms with Gasteiger partial charge in [-0.2, -0.15) is 0 Å². The largest absolute Gasteiger partial charge is 0.337 e. The molecule has 1 spiro atoms. The summed E-state index contributed by atoms with van der Waals surface area (Å²) in [6, 6.07) is 7.86. The summed E-state index contributed by atoms with van der Waals surface area (Å²) in [5.74, 6) is 0.0280. The number of fused-ring (bicyclic) bond motifs is 4. The number of aromatic nitrogens is 2. The molecule has 0 aliphatic carbocycles. The molecule has 0 saturated carbocycles. The van der Waals surface area contributed by atoms with Crippen molar-refractivity contribution in [3.8, 4) is 0 Å². The van der Waals surface area contributed by atoms with Gasteiger partial charge in [0.1, 0.15) is 5.54 Å². The minimum atomic E-state index is -0.359. The predicted molar refractivity (Wildman–Crippen MR) is 66.1 cm³/mol. The molecular formula is C14H13N3O. The lowest BCUT2D eigenvalue weighted by Gasteiger charge is -2.35. The Bertz CT molecular complexity index is 646. The molecule has 18 heavy (non-hydrogen) atoms. The molecule has 4 heteroatoms. The Kier molecular flexibility index (Phi) is 1.77. The molecule has 1 unspecified atom stereocenters. The minimum absolute atomic E-state index is 0.0280. The van der Waals surface area contributed by atoms with Gasteiger partial charge in [0, 0.05) is 12.1 Å². The standard InChI is InChI=1S/C14H13N3O/c18-13-10-4-1-2-5-11(10)14(16-13)6-3-7-17-9-15-8-12(14)17/h1-2,4-5,8-9H,3,6-7H2,(H,16,18). The van der Waals surface area contributed by atoms with E-state index in [4.69, 9.17) is 0 Å². The molecule has 2 aliphatic rings. The number of carbonyl (C=O) groups excluding carboxylic acids is 1. The summed E-state index contributed by atoms with van der Waals surface area (Å²) in [4.78, 5) is 16.4. The number of imidazole rings is 1. The van der Waals surface area contributed by atoms with Crippen LogP contribution in [0, 0.1) is 0 Å². The van der Waals surface area contributed by atoms with E-state index in [-0.39, 0.29) is 11.4 Å². The van der Waals surface area contributed by atoms with Crippen LogP contribution in [0.2, 0.25) is 0 Å². The van der Waals surface area contributed by atoms with Gasteiger partial charge < -0.3 is 9.88 Å². The van der Waals surface area contributed by atoms with E-state index in [1.807, 2.05) is 30.7 Å². The highest BCUT2D eigenvalue weighted by atomic mass is 16.2. The van der Waals surface area contributed by atoms with Crippen LogP contribution >= 0.6 is 0 Å². The lowest BCUT2D eigenvalue weighted by Crippen LogP contribution is -2.44. The first-order valence-electron chi connectivity index (χ1n) is 6.24. The lowest BCUT2D eigenvalue weighted by atomic mass is 9.81. The molecule has 1 N–H and O–H groups in total. The highest BCUT2D eigenvalue weighted by Gasteiger charge is 2.47.